The monoisotopic (exact) mass is 386 g/mol. The second kappa shape index (κ2) is 8.13. The summed E-state index contributed by atoms with van der Waals surface area (Å²) in [4.78, 5) is 12.4. The van der Waals surface area contributed by atoms with Crippen LogP contribution >= 0.6 is 12.2 Å². The Bertz CT molecular complexity index is 1010. The zero-order chi connectivity index (χ0) is 19.4. The first-order valence-electron chi connectivity index (χ1n) is 8.29. The maximum absolute atomic E-state index is 13.3. The fourth-order valence-electron chi connectivity index (χ4n) is 2.64. The van der Waals surface area contributed by atoms with Gasteiger partial charge in [-0.3, -0.25) is 14.5 Å². The predicted octanol–water partition coefficient (Wildman–Crippen LogP) is 3.38. The molecule has 0 fully saturated rings. The third kappa shape index (κ3) is 4.40. The molecule has 1 aromatic heterocycles. The van der Waals surface area contributed by atoms with E-state index in [0.29, 0.717) is 22.7 Å². The van der Waals surface area contributed by atoms with Gasteiger partial charge in [-0.25, -0.2) is 4.39 Å². The van der Waals surface area contributed by atoms with E-state index in [4.69, 9.17) is 17.0 Å². The lowest BCUT2D eigenvalue weighted by molar-refractivity contribution is -0.121. The first-order valence-corrected chi connectivity index (χ1v) is 8.70. The number of benzene rings is 2. The molecule has 27 heavy (non-hydrogen) atoms. The van der Waals surface area contributed by atoms with E-state index in [1.807, 2.05) is 24.3 Å². The first-order chi connectivity index (χ1) is 13.0. The molecule has 0 unspecified atom stereocenters. The van der Waals surface area contributed by atoms with Gasteiger partial charge < -0.3 is 10.1 Å². The number of amides is 1. The molecule has 2 aromatic carbocycles. The van der Waals surface area contributed by atoms with Crippen LogP contribution in [0.4, 0.5) is 4.39 Å². The van der Waals surface area contributed by atoms with E-state index in [9.17, 15) is 9.18 Å². The molecule has 0 radical (unpaired) electrons. The number of carbonyl (C=O) groups excluding carboxylic acids is 1. The molecular weight excluding hydrogens is 367 g/mol. The maximum Gasteiger partial charge on any atom is 0.240 e. The van der Waals surface area contributed by atoms with Crippen LogP contribution in [-0.2, 0) is 17.9 Å². The minimum Gasteiger partial charge on any atom is -0.497 e. The van der Waals surface area contributed by atoms with Crippen molar-refractivity contribution in [2.45, 2.75) is 20.0 Å². The summed E-state index contributed by atoms with van der Waals surface area (Å²) in [6, 6.07) is 12.1. The number of aryl methyl sites for hydroxylation is 1. The van der Waals surface area contributed by atoms with Crippen molar-refractivity contribution in [3.8, 4) is 17.1 Å². The molecule has 3 aromatic rings. The number of methoxy groups -OCH3 is 1. The molecule has 0 saturated heterocycles. The van der Waals surface area contributed by atoms with E-state index in [1.165, 1.54) is 6.07 Å². The Hall–Kier alpha value is -3.00. The average molecular weight is 386 g/mol. The summed E-state index contributed by atoms with van der Waals surface area (Å²) >= 11 is 5.25. The number of carbonyl (C=O) groups is 1. The third-order valence-electron chi connectivity index (χ3n) is 4.12. The first kappa shape index (κ1) is 18.8. The summed E-state index contributed by atoms with van der Waals surface area (Å²) < 4.78 is 20.5. The van der Waals surface area contributed by atoms with E-state index >= 15 is 0 Å². The number of H-pyrrole nitrogens is 1. The average Bonchev–Trinajstić information content (AvgIpc) is 3.03. The lowest BCUT2D eigenvalue weighted by Gasteiger charge is -2.09. The quantitative estimate of drug-likeness (QED) is 0.637. The highest BCUT2D eigenvalue weighted by Crippen LogP contribution is 2.20. The number of rotatable bonds is 6. The molecule has 1 amide bonds. The van der Waals surface area contributed by atoms with Crippen molar-refractivity contribution >= 4 is 18.1 Å². The molecule has 6 nitrogen and oxygen atoms in total. The minimum atomic E-state index is -0.265. The number of nitrogens with one attached hydrogen (secondary N) is 2. The van der Waals surface area contributed by atoms with Gasteiger partial charge in [-0.05, 0) is 60.6 Å². The molecule has 0 bridgehead atoms. The van der Waals surface area contributed by atoms with E-state index in [-0.39, 0.29) is 18.3 Å². The topological polar surface area (TPSA) is 71.9 Å². The molecule has 0 aliphatic heterocycles. The number of hydrogen-bond donors (Lipinski definition) is 2. The van der Waals surface area contributed by atoms with Crippen LogP contribution in [0, 0.1) is 17.5 Å². The molecular formula is C19H19FN4O2S. The van der Waals surface area contributed by atoms with E-state index in [2.05, 4.69) is 15.5 Å². The van der Waals surface area contributed by atoms with Crippen LogP contribution in [0.1, 0.15) is 11.1 Å². The molecule has 0 aliphatic carbocycles. The van der Waals surface area contributed by atoms with E-state index in [0.717, 1.165) is 16.9 Å². The highest BCUT2D eigenvalue weighted by Gasteiger charge is 2.12. The molecule has 140 valence electrons. The Morgan fingerprint density at radius 3 is 2.70 bits per heavy atom. The largest absolute Gasteiger partial charge is 0.497 e. The van der Waals surface area contributed by atoms with Crippen molar-refractivity contribution < 1.29 is 13.9 Å². The Balaban J connectivity index is 1.71. The van der Waals surface area contributed by atoms with Crippen LogP contribution in [0.25, 0.3) is 11.4 Å². The zero-order valence-electron chi connectivity index (χ0n) is 15.0. The molecule has 1 heterocycles. The standard InChI is InChI=1S/C19H19FN4O2S/c1-12-9-13(3-8-16(12)20)10-21-17(25)11-24-18(22-23-19(24)27)14-4-6-15(26-2)7-5-14/h3-9H,10-11H2,1-2H3,(H,21,25)(H,23,27). The van der Waals surface area contributed by atoms with Gasteiger partial charge in [0.2, 0.25) is 5.91 Å². The van der Waals surface area contributed by atoms with Gasteiger partial charge in [-0.2, -0.15) is 5.10 Å². The van der Waals surface area contributed by atoms with Gasteiger partial charge in [-0.15, -0.1) is 0 Å². The Labute approximate surface area is 161 Å². The SMILES string of the molecule is COc1ccc(-c2n[nH]c(=S)n2CC(=O)NCc2ccc(F)c(C)c2)cc1. The third-order valence-corrected chi connectivity index (χ3v) is 4.43. The van der Waals surface area contributed by atoms with Crippen LogP contribution < -0.4 is 10.1 Å². The second-order valence-electron chi connectivity index (χ2n) is 6.03. The molecule has 3 rings (SSSR count). The molecule has 0 aliphatic rings. The van der Waals surface area contributed by atoms with Crippen molar-refractivity contribution in [1.29, 1.82) is 0 Å². The van der Waals surface area contributed by atoms with Crippen molar-refractivity contribution in [1.82, 2.24) is 20.1 Å². The number of aromatic nitrogens is 3. The van der Waals surface area contributed by atoms with Crippen molar-refractivity contribution in [3.63, 3.8) is 0 Å². The number of halogens is 1. The van der Waals surface area contributed by atoms with Gasteiger partial charge in [0, 0.05) is 12.1 Å². The summed E-state index contributed by atoms with van der Waals surface area (Å²) in [5.41, 5.74) is 2.18. The van der Waals surface area contributed by atoms with Crippen LogP contribution in [-0.4, -0.2) is 27.8 Å². The fraction of sp³-hybridized carbons (Fsp3) is 0.211. The van der Waals surface area contributed by atoms with Gasteiger partial charge >= 0.3 is 0 Å². The van der Waals surface area contributed by atoms with Crippen molar-refractivity contribution in [3.05, 3.63) is 64.2 Å². The molecule has 2 N–H and O–H groups in total. The molecule has 0 saturated carbocycles. The van der Waals surface area contributed by atoms with Crippen LogP contribution in [0.5, 0.6) is 5.75 Å². The Kier molecular flexibility index (Phi) is 5.66. The van der Waals surface area contributed by atoms with Crippen LogP contribution in [0.2, 0.25) is 0 Å². The summed E-state index contributed by atoms with van der Waals surface area (Å²) in [5, 5.41) is 9.76. The highest BCUT2D eigenvalue weighted by atomic mass is 32.1. The smallest absolute Gasteiger partial charge is 0.240 e. The maximum atomic E-state index is 13.3. The van der Waals surface area contributed by atoms with E-state index in [1.54, 1.807) is 30.7 Å². The number of ether oxygens (including phenoxy) is 1. The van der Waals surface area contributed by atoms with E-state index < -0.39 is 0 Å². The fourth-order valence-corrected chi connectivity index (χ4v) is 2.84. The summed E-state index contributed by atoms with van der Waals surface area (Å²) in [6.07, 6.45) is 0. The van der Waals surface area contributed by atoms with Gasteiger partial charge in [0.25, 0.3) is 0 Å². The van der Waals surface area contributed by atoms with Crippen molar-refractivity contribution in [2.24, 2.45) is 0 Å². The van der Waals surface area contributed by atoms with Crippen LogP contribution in [0.15, 0.2) is 42.5 Å². The van der Waals surface area contributed by atoms with Gasteiger partial charge in [0.15, 0.2) is 10.6 Å². The number of nitrogens with zero attached hydrogens (tertiary/aromatic N) is 2. The Morgan fingerprint density at radius 1 is 1.30 bits per heavy atom. The minimum absolute atomic E-state index is 0.0247. The lowest BCUT2D eigenvalue weighted by Crippen LogP contribution is -2.27. The molecule has 0 spiro atoms. The molecule has 0 atom stereocenters. The van der Waals surface area contributed by atoms with Gasteiger partial charge in [-0.1, -0.05) is 12.1 Å². The normalized spacial score (nSPS) is 10.6. The highest BCUT2D eigenvalue weighted by molar-refractivity contribution is 7.71. The Morgan fingerprint density at radius 2 is 2.04 bits per heavy atom. The summed E-state index contributed by atoms with van der Waals surface area (Å²) in [6.45, 7) is 2.02. The van der Waals surface area contributed by atoms with Crippen LogP contribution in [0.3, 0.4) is 0 Å². The number of aromatic amines is 1. The number of hydrogen-bond acceptors (Lipinski definition) is 4. The summed E-state index contributed by atoms with van der Waals surface area (Å²) in [5.74, 6) is 0.811. The van der Waals surface area contributed by atoms with Gasteiger partial charge in [0.1, 0.15) is 18.1 Å². The second-order valence-corrected chi connectivity index (χ2v) is 6.41. The van der Waals surface area contributed by atoms with Crippen molar-refractivity contribution in [2.75, 3.05) is 7.11 Å². The lowest BCUT2D eigenvalue weighted by atomic mass is 10.1. The molecule has 8 heteroatoms. The zero-order valence-corrected chi connectivity index (χ0v) is 15.8. The van der Waals surface area contributed by atoms with Gasteiger partial charge in [0.05, 0.1) is 7.11 Å². The predicted molar refractivity (Wildman–Crippen MR) is 102 cm³/mol. The summed E-state index contributed by atoms with van der Waals surface area (Å²) in [7, 11) is 1.60.